The molecule has 1 rings (SSSR count). The molecule has 0 heterocycles. The lowest BCUT2D eigenvalue weighted by Crippen LogP contribution is -2.49. The smallest absolute Gasteiger partial charge is 0.251 e. The Bertz CT molecular complexity index is 389. The minimum atomic E-state index is -0.317. The number of carbonyl (C=O) groups is 1. The van der Waals surface area contributed by atoms with Crippen LogP contribution >= 0.6 is 12.4 Å². The van der Waals surface area contributed by atoms with Crippen LogP contribution in [0.4, 0.5) is 0 Å². The number of hydrogen-bond donors (Lipinski definition) is 2. The summed E-state index contributed by atoms with van der Waals surface area (Å²) >= 11 is 0. The zero-order chi connectivity index (χ0) is 13.6. The number of nitrogens with one attached hydrogen (secondary N) is 1. The third-order valence-electron chi connectivity index (χ3n) is 3.36. The lowest BCUT2D eigenvalue weighted by molar-refractivity contribution is 0.0942. The molecule has 0 saturated heterocycles. The zero-order valence-corrected chi connectivity index (χ0v) is 12.5. The van der Waals surface area contributed by atoms with E-state index in [1.54, 1.807) is 31.4 Å². The Kier molecular flexibility index (Phi) is 7.49. The molecule has 0 saturated carbocycles. The van der Waals surface area contributed by atoms with Crippen LogP contribution in [0.25, 0.3) is 0 Å². The van der Waals surface area contributed by atoms with Crippen LogP contribution in [0, 0.1) is 0 Å². The van der Waals surface area contributed by atoms with E-state index in [2.05, 4.69) is 5.32 Å². The Morgan fingerprint density at radius 2 is 1.79 bits per heavy atom. The normalized spacial score (nSPS) is 10.5. The summed E-state index contributed by atoms with van der Waals surface area (Å²) in [5.74, 6) is 0.635. The van der Waals surface area contributed by atoms with Gasteiger partial charge < -0.3 is 15.8 Å². The molecule has 1 amide bonds. The fraction of sp³-hybridized carbons (Fsp3) is 0.500. The molecule has 1 aromatic rings. The summed E-state index contributed by atoms with van der Waals surface area (Å²) in [6, 6.07) is 7.02. The Labute approximate surface area is 121 Å². The van der Waals surface area contributed by atoms with Gasteiger partial charge in [-0.25, -0.2) is 0 Å². The number of ether oxygens (including phenoxy) is 1. The lowest BCUT2D eigenvalue weighted by Gasteiger charge is -2.26. The highest BCUT2D eigenvalue weighted by Gasteiger charge is 2.21. The predicted molar refractivity (Wildman–Crippen MR) is 80.1 cm³/mol. The average Bonchev–Trinajstić information content (AvgIpc) is 2.44. The summed E-state index contributed by atoms with van der Waals surface area (Å²) in [4.78, 5) is 11.9. The maximum atomic E-state index is 11.9. The van der Waals surface area contributed by atoms with Crippen LogP contribution in [0.2, 0.25) is 0 Å². The molecule has 0 atom stereocenters. The molecule has 0 aliphatic carbocycles. The fourth-order valence-electron chi connectivity index (χ4n) is 1.60. The highest BCUT2D eigenvalue weighted by atomic mass is 35.5. The Balaban J connectivity index is 0.00000324. The lowest BCUT2D eigenvalue weighted by atomic mass is 9.94. The third-order valence-corrected chi connectivity index (χ3v) is 3.36. The Morgan fingerprint density at radius 3 is 2.21 bits per heavy atom. The first-order valence-corrected chi connectivity index (χ1v) is 6.25. The van der Waals surface area contributed by atoms with Gasteiger partial charge in [0.2, 0.25) is 0 Å². The molecule has 5 heteroatoms. The van der Waals surface area contributed by atoms with E-state index in [1.807, 2.05) is 13.8 Å². The first-order valence-electron chi connectivity index (χ1n) is 6.25. The Hall–Kier alpha value is -1.26. The second kappa shape index (κ2) is 8.02. The van der Waals surface area contributed by atoms with Gasteiger partial charge >= 0.3 is 0 Å². The first-order chi connectivity index (χ1) is 8.54. The highest BCUT2D eigenvalue weighted by molar-refractivity contribution is 5.94. The molecular formula is C14H23ClN2O2. The van der Waals surface area contributed by atoms with E-state index >= 15 is 0 Å². The number of hydrogen-bond acceptors (Lipinski definition) is 3. The highest BCUT2D eigenvalue weighted by Crippen LogP contribution is 2.12. The van der Waals surface area contributed by atoms with Crippen molar-refractivity contribution in [1.82, 2.24) is 5.32 Å². The van der Waals surface area contributed by atoms with Crippen molar-refractivity contribution in [1.29, 1.82) is 0 Å². The largest absolute Gasteiger partial charge is 0.497 e. The summed E-state index contributed by atoms with van der Waals surface area (Å²) < 4.78 is 5.05. The summed E-state index contributed by atoms with van der Waals surface area (Å²) in [5, 5.41) is 2.87. The van der Waals surface area contributed by atoms with E-state index in [-0.39, 0.29) is 23.9 Å². The molecule has 0 aromatic heterocycles. The van der Waals surface area contributed by atoms with Crippen LogP contribution in [0.15, 0.2) is 24.3 Å². The number of methoxy groups -OCH3 is 1. The second-order valence-corrected chi connectivity index (χ2v) is 4.48. The zero-order valence-electron chi connectivity index (χ0n) is 11.7. The van der Waals surface area contributed by atoms with E-state index in [4.69, 9.17) is 10.5 Å². The summed E-state index contributed by atoms with van der Waals surface area (Å²) in [5.41, 5.74) is 6.43. The predicted octanol–water partition coefficient (Wildman–Crippen LogP) is 2.36. The number of nitrogens with two attached hydrogens (primary N) is 1. The van der Waals surface area contributed by atoms with Crippen molar-refractivity contribution in [3.8, 4) is 5.75 Å². The van der Waals surface area contributed by atoms with Crippen LogP contribution in [0.3, 0.4) is 0 Å². The van der Waals surface area contributed by atoms with Gasteiger partial charge in [-0.1, -0.05) is 13.8 Å². The number of carbonyl (C=O) groups excluding carboxylic acids is 1. The number of benzene rings is 1. The average molecular weight is 287 g/mol. The fourth-order valence-corrected chi connectivity index (χ4v) is 1.60. The van der Waals surface area contributed by atoms with Crippen LogP contribution in [-0.4, -0.2) is 25.1 Å². The van der Waals surface area contributed by atoms with Crippen molar-refractivity contribution in [2.24, 2.45) is 5.73 Å². The van der Waals surface area contributed by atoms with Crippen LogP contribution in [0.1, 0.15) is 37.0 Å². The van der Waals surface area contributed by atoms with Gasteiger partial charge in [0.25, 0.3) is 5.91 Å². The summed E-state index contributed by atoms with van der Waals surface area (Å²) in [7, 11) is 1.60. The molecule has 0 radical (unpaired) electrons. The van der Waals surface area contributed by atoms with E-state index in [9.17, 15) is 4.79 Å². The van der Waals surface area contributed by atoms with Gasteiger partial charge in [0.05, 0.1) is 7.11 Å². The van der Waals surface area contributed by atoms with Crippen LogP contribution < -0.4 is 15.8 Å². The van der Waals surface area contributed by atoms with E-state index < -0.39 is 0 Å². The molecule has 0 bridgehead atoms. The van der Waals surface area contributed by atoms with Crippen molar-refractivity contribution < 1.29 is 9.53 Å². The van der Waals surface area contributed by atoms with Crippen molar-refractivity contribution in [3.63, 3.8) is 0 Å². The summed E-state index contributed by atoms with van der Waals surface area (Å²) in [6.45, 7) is 4.55. The van der Waals surface area contributed by atoms with Crippen molar-refractivity contribution in [2.75, 3.05) is 13.7 Å². The molecule has 0 spiro atoms. The number of rotatable bonds is 6. The first kappa shape index (κ1) is 17.7. The quantitative estimate of drug-likeness (QED) is 0.844. The van der Waals surface area contributed by atoms with Gasteiger partial charge in [-0.2, -0.15) is 0 Å². The molecule has 19 heavy (non-hydrogen) atoms. The van der Waals surface area contributed by atoms with E-state index in [0.29, 0.717) is 12.1 Å². The minimum absolute atomic E-state index is 0. The van der Waals surface area contributed by atoms with Crippen molar-refractivity contribution in [3.05, 3.63) is 29.8 Å². The molecular weight excluding hydrogens is 264 g/mol. The molecule has 0 fully saturated rings. The standard InChI is InChI=1S/C14H22N2O2.ClH/c1-4-14(15,5-2)10-16-13(17)11-6-8-12(18-3)9-7-11;/h6-9H,4-5,10,15H2,1-3H3,(H,16,17);1H. The van der Waals surface area contributed by atoms with Crippen LogP contribution in [-0.2, 0) is 0 Å². The number of halogens is 1. The van der Waals surface area contributed by atoms with Gasteiger partial charge in [0.15, 0.2) is 0 Å². The van der Waals surface area contributed by atoms with Gasteiger partial charge in [-0.15, -0.1) is 12.4 Å². The maximum Gasteiger partial charge on any atom is 0.251 e. The SMILES string of the molecule is CCC(N)(CC)CNC(=O)c1ccc(OC)cc1.Cl. The minimum Gasteiger partial charge on any atom is -0.497 e. The Morgan fingerprint density at radius 1 is 1.26 bits per heavy atom. The van der Waals surface area contributed by atoms with E-state index in [0.717, 1.165) is 18.6 Å². The molecule has 1 aromatic carbocycles. The molecule has 0 aliphatic heterocycles. The van der Waals surface area contributed by atoms with Crippen LogP contribution in [0.5, 0.6) is 5.75 Å². The van der Waals surface area contributed by atoms with Gasteiger partial charge in [-0.05, 0) is 37.1 Å². The molecule has 108 valence electrons. The number of amides is 1. The molecule has 3 N–H and O–H groups in total. The van der Waals surface area contributed by atoms with Crippen molar-refractivity contribution >= 4 is 18.3 Å². The monoisotopic (exact) mass is 286 g/mol. The van der Waals surface area contributed by atoms with Gasteiger partial charge in [0, 0.05) is 17.6 Å². The van der Waals surface area contributed by atoms with Crippen molar-refractivity contribution in [2.45, 2.75) is 32.2 Å². The third kappa shape index (κ3) is 5.09. The summed E-state index contributed by atoms with van der Waals surface area (Å²) in [6.07, 6.45) is 1.68. The maximum absolute atomic E-state index is 11.9. The molecule has 0 unspecified atom stereocenters. The van der Waals surface area contributed by atoms with E-state index in [1.165, 1.54) is 0 Å². The van der Waals surface area contributed by atoms with Gasteiger partial charge in [0.1, 0.15) is 5.75 Å². The van der Waals surface area contributed by atoms with Gasteiger partial charge in [-0.3, -0.25) is 4.79 Å². The second-order valence-electron chi connectivity index (χ2n) is 4.48. The topological polar surface area (TPSA) is 64.3 Å². The molecule has 0 aliphatic rings. The molecule has 4 nitrogen and oxygen atoms in total.